The predicted molar refractivity (Wildman–Crippen MR) is 92.8 cm³/mol. The molecule has 0 aromatic heterocycles. The Balaban J connectivity index is 1.82. The van der Waals surface area contributed by atoms with Crippen molar-refractivity contribution >= 4 is 28.9 Å². The van der Waals surface area contributed by atoms with Crippen molar-refractivity contribution in [3.8, 4) is 0 Å². The third-order valence-electron chi connectivity index (χ3n) is 4.72. The largest absolute Gasteiger partial charge is 0.366 e. The van der Waals surface area contributed by atoms with E-state index in [2.05, 4.69) is 43.1 Å². The molecule has 1 aliphatic carbocycles. The molecule has 120 valence electrons. The van der Waals surface area contributed by atoms with Crippen molar-refractivity contribution in [3.63, 3.8) is 0 Å². The quantitative estimate of drug-likeness (QED) is 0.849. The smallest absolute Gasteiger partial charge is 0.227 e. The Morgan fingerprint density at radius 3 is 2.68 bits per heavy atom. The van der Waals surface area contributed by atoms with Crippen molar-refractivity contribution in [3.05, 3.63) is 23.8 Å². The highest BCUT2D eigenvalue weighted by molar-refractivity contribution is 6.18. The van der Waals surface area contributed by atoms with E-state index in [0.717, 1.165) is 31.5 Å². The fourth-order valence-electron chi connectivity index (χ4n) is 3.32. The zero-order chi connectivity index (χ0) is 15.9. The van der Waals surface area contributed by atoms with Gasteiger partial charge in [-0.05, 0) is 48.4 Å². The molecule has 4 heteroatoms. The molecule has 1 heterocycles. The maximum absolute atomic E-state index is 11.9. The van der Waals surface area contributed by atoms with E-state index in [-0.39, 0.29) is 17.2 Å². The minimum absolute atomic E-state index is 0.169. The second kappa shape index (κ2) is 5.77. The van der Waals surface area contributed by atoms with Gasteiger partial charge in [0.2, 0.25) is 5.91 Å². The van der Waals surface area contributed by atoms with Gasteiger partial charge >= 0.3 is 0 Å². The molecule has 0 spiro atoms. The minimum Gasteiger partial charge on any atom is -0.366 e. The highest BCUT2D eigenvalue weighted by atomic mass is 35.5. The molecule has 3 rings (SSSR count). The van der Waals surface area contributed by atoms with Gasteiger partial charge in [0.25, 0.3) is 0 Å². The van der Waals surface area contributed by atoms with Gasteiger partial charge in [0.05, 0.1) is 0 Å². The normalized spacial score (nSPS) is 20.9. The molecule has 1 saturated carbocycles. The Kier molecular flexibility index (Phi) is 4.11. The number of alkyl halides is 1. The lowest BCUT2D eigenvalue weighted by molar-refractivity contribution is -0.117. The summed E-state index contributed by atoms with van der Waals surface area (Å²) in [6.07, 6.45) is 3.08. The van der Waals surface area contributed by atoms with Gasteiger partial charge in [0.1, 0.15) is 0 Å². The van der Waals surface area contributed by atoms with Crippen molar-refractivity contribution in [2.24, 2.45) is 11.3 Å². The van der Waals surface area contributed by atoms with Crippen LogP contribution >= 0.6 is 11.6 Å². The molecule has 1 amide bonds. The molecular formula is C18H25ClN2O. The zero-order valence-electron chi connectivity index (χ0n) is 13.7. The molecule has 1 unspecified atom stereocenters. The molecular weight excluding hydrogens is 296 g/mol. The number of fused-ring (bicyclic) bond motifs is 1. The summed E-state index contributed by atoms with van der Waals surface area (Å²) in [7, 11) is 0. The fraction of sp³-hybridized carbons (Fsp3) is 0.611. The summed E-state index contributed by atoms with van der Waals surface area (Å²) in [4.78, 5) is 14.4. The number of nitrogens with one attached hydrogen (secondary N) is 1. The van der Waals surface area contributed by atoms with E-state index >= 15 is 0 Å². The highest BCUT2D eigenvalue weighted by Gasteiger charge is 2.37. The zero-order valence-corrected chi connectivity index (χ0v) is 14.4. The summed E-state index contributed by atoms with van der Waals surface area (Å²) < 4.78 is 0. The van der Waals surface area contributed by atoms with Crippen molar-refractivity contribution in [2.45, 2.75) is 46.1 Å². The number of amides is 1. The predicted octanol–water partition coefficient (Wildman–Crippen LogP) is 4.05. The van der Waals surface area contributed by atoms with Gasteiger partial charge in [0.15, 0.2) is 0 Å². The van der Waals surface area contributed by atoms with Crippen LogP contribution in [0.15, 0.2) is 18.2 Å². The second-order valence-corrected chi connectivity index (χ2v) is 7.95. The summed E-state index contributed by atoms with van der Waals surface area (Å²) >= 11 is 6.01. The number of carbonyl (C=O) groups is 1. The molecule has 3 nitrogen and oxygen atoms in total. The molecule has 0 radical (unpaired) electrons. The molecule has 0 saturated heterocycles. The summed E-state index contributed by atoms with van der Waals surface area (Å²) in [6.45, 7) is 7.70. The average Bonchev–Trinajstić information content (AvgIpc) is 3.22. The van der Waals surface area contributed by atoms with Crippen LogP contribution in [0, 0.1) is 11.3 Å². The first-order valence-electron chi connectivity index (χ1n) is 8.16. The standard InChI is InChI=1S/C18H25ClN2O/c1-18(2,3)16-11-13-10-14(20-17(22)12-4-5-12)6-7-15(13)21(16)9-8-19/h6-7,10,12,16H,4-5,8-9,11H2,1-3H3,(H,20,22). The van der Waals surface area contributed by atoms with Gasteiger partial charge in [-0.3, -0.25) is 4.79 Å². The van der Waals surface area contributed by atoms with Crippen LogP contribution in [-0.2, 0) is 11.2 Å². The number of hydrogen-bond acceptors (Lipinski definition) is 2. The molecule has 2 aliphatic rings. The maximum atomic E-state index is 11.9. The molecule has 1 aromatic carbocycles. The first-order valence-corrected chi connectivity index (χ1v) is 8.70. The number of benzene rings is 1. The molecule has 22 heavy (non-hydrogen) atoms. The van der Waals surface area contributed by atoms with Gasteiger partial charge in [-0.1, -0.05) is 20.8 Å². The Morgan fingerprint density at radius 2 is 2.09 bits per heavy atom. The Labute approximate surface area is 138 Å². The monoisotopic (exact) mass is 320 g/mol. The number of hydrogen-bond donors (Lipinski definition) is 1. The van der Waals surface area contributed by atoms with Crippen LogP contribution < -0.4 is 10.2 Å². The van der Waals surface area contributed by atoms with E-state index in [1.807, 2.05) is 6.07 Å². The van der Waals surface area contributed by atoms with Gasteiger partial charge in [-0.25, -0.2) is 0 Å². The SMILES string of the molecule is CC(C)(C)C1Cc2cc(NC(=O)C3CC3)ccc2N1CCCl. The van der Waals surface area contributed by atoms with E-state index in [9.17, 15) is 4.79 Å². The summed E-state index contributed by atoms with van der Waals surface area (Å²) in [5.41, 5.74) is 3.71. The van der Waals surface area contributed by atoms with E-state index in [1.54, 1.807) is 0 Å². The highest BCUT2D eigenvalue weighted by Crippen LogP contribution is 2.41. The maximum Gasteiger partial charge on any atom is 0.227 e. The number of nitrogens with zero attached hydrogens (tertiary/aromatic N) is 1. The Morgan fingerprint density at radius 1 is 1.36 bits per heavy atom. The van der Waals surface area contributed by atoms with Crippen molar-refractivity contribution in [1.29, 1.82) is 0 Å². The third kappa shape index (κ3) is 3.10. The van der Waals surface area contributed by atoms with Crippen LogP contribution in [0.1, 0.15) is 39.2 Å². The van der Waals surface area contributed by atoms with Crippen molar-refractivity contribution in [2.75, 3.05) is 22.6 Å². The first kappa shape index (κ1) is 15.7. The second-order valence-electron chi connectivity index (χ2n) is 7.58. The molecule has 1 atom stereocenters. The van der Waals surface area contributed by atoms with Gasteiger partial charge in [0, 0.05) is 35.8 Å². The number of carbonyl (C=O) groups excluding carboxylic acids is 1. The van der Waals surface area contributed by atoms with E-state index < -0.39 is 0 Å². The molecule has 0 bridgehead atoms. The van der Waals surface area contributed by atoms with Crippen molar-refractivity contribution < 1.29 is 4.79 Å². The van der Waals surface area contributed by atoms with Crippen LogP contribution in [0.25, 0.3) is 0 Å². The average molecular weight is 321 g/mol. The number of rotatable bonds is 4. The molecule has 1 aliphatic heterocycles. The Hall–Kier alpha value is -1.22. The fourth-order valence-corrected chi connectivity index (χ4v) is 3.51. The van der Waals surface area contributed by atoms with Gasteiger partial charge < -0.3 is 10.2 Å². The van der Waals surface area contributed by atoms with Crippen LogP contribution in [0.3, 0.4) is 0 Å². The lowest BCUT2D eigenvalue weighted by Crippen LogP contribution is -2.42. The lowest BCUT2D eigenvalue weighted by Gasteiger charge is -2.36. The third-order valence-corrected chi connectivity index (χ3v) is 4.89. The summed E-state index contributed by atoms with van der Waals surface area (Å²) in [6, 6.07) is 6.75. The molecule has 1 aromatic rings. The van der Waals surface area contributed by atoms with Crippen LogP contribution in [0.4, 0.5) is 11.4 Å². The van der Waals surface area contributed by atoms with Crippen LogP contribution in [-0.4, -0.2) is 24.4 Å². The van der Waals surface area contributed by atoms with Crippen molar-refractivity contribution in [1.82, 2.24) is 0 Å². The Bertz CT molecular complexity index is 575. The number of halogens is 1. The van der Waals surface area contributed by atoms with E-state index in [0.29, 0.717) is 11.9 Å². The summed E-state index contributed by atoms with van der Waals surface area (Å²) in [5.74, 6) is 1.04. The first-order chi connectivity index (χ1) is 10.4. The summed E-state index contributed by atoms with van der Waals surface area (Å²) in [5, 5.41) is 3.05. The molecule has 1 N–H and O–H groups in total. The van der Waals surface area contributed by atoms with Crippen LogP contribution in [0.5, 0.6) is 0 Å². The van der Waals surface area contributed by atoms with Crippen LogP contribution in [0.2, 0.25) is 0 Å². The lowest BCUT2D eigenvalue weighted by atomic mass is 9.84. The molecule has 1 fully saturated rings. The van der Waals surface area contributed by atoms with E-state index in [1.165, 1.54) is 11.3 Å². The van der Waals surface area contributed by atoms with E-state index in [4.69, 9.17) is 11.6 Å². The topological polar surface area (TPSA) is 32.3 Å². The minimum atomic E-state index is 0.169. The van der Waals surface area contributed by atoms with Gasteiger partial charge in [-0.15, -0.1) is 11.6 Å². The van der Waals surface area contributed by atoms with Gasteiger partial charge in [-0.2, -0.15) is 0 Å². The number of anilines is 2.